The summed E-state index contributed by atoms with van der Waals surface area (Å²) in [6, 6.07) is 11.8. The summed E-state index contributed by atoms with van der Waals surface area (Å²) >= 11 is 12.2. The first-order valence-corrected chi connectivity index (χ1v) is 12.6. The zero-order valence-corrected chi connectivity index (χ0v) is 19.9. The van der Waals surface area contributed by atoms with Crippen molar-refractivity contribution in [3.05, 3.63) is 57.6 Å². The zero-order valence-electron chi connectivity index (χ0n) is 17.6. The minimum Gasteiger partial charge on any atom is -0.497 e. The van der Waals surface area contributed by atoms with E-state index < -0.39 is 10.8 Å². The summed E-state index contributed by atoms with van der Waals surface area (Å²) < 4.78 is 17.6. The van der Waals surface area contributed by atoms with Gasteiger partial charge in [-0.1, -0.05) is 35.3 Å². The normalized spacial score (nSPS) is 17.6. The molecule has 2 atom stereocenters. The first-order valence-electron chi connectivity index (χ1n) is 10.3. The minimum absolute atomic E-state index is 0.271. The van der Waals surface area contributed by atoms with E-state index >= 15 is 0 Å². The van der Waals surface area contributed by atoms with Crippen molar-refractivity contribution < 1.29 is 8.95 Å². The Kier molecular flexibility index (Phi) is 8.61. The topological polar surface area (TPSA) is 55.6 Å². The number of benzene rings is 2. The molecule has 0 unspecified atom stereocenters. The summed E-state index contributed by atoms with van der Waals surface area (Å²) in [5.74, 6) is 1.47. The maximum atomic E-state index is 12.2. The third-order valence-corrected chi connectivity index (χ3v) is 7.76. The maximum Gasteiger partial charge on any atom is 0.120 e. The van der Waals surface area contributed by atoms with Crippen LogP contribution in [0, 0.1) is 0 Å². The number of nitrogens with two attached hydrogens (primary N) is 1. The van der Waals surface area contributed by atoms with E-state index in [0.29, 0.717) is 22.5 Å². The van der Waals surface area contributed by atoms with Crippen molar-refractivity contribution in [1.29, 1.82) is 0 Å². The van der Waals surface area contributed by atoms with E-state index in [2.05, 4.69) is 11.0 Å². The van der Waals surface area contributed by atoms with Crippen LogP contribution in [0.3, 0.4) is 0 Å². The number of methoxy groups -OCH3 is 1. The van der Waals surface area contributed by atoms with Crippen LogP contribution in [-0.4, -0.2) is 48.7 Å². The number of nitrogens with zero attached hydrogens (tertiary/aromatic N) is 1. The molecule has 2 aromatic carbocycles. The van der Waals surface area contributed by atoms with Gasteiger partial charge in [-0.3, -0.25) is 4.21 Å². The van der Waals surface area contributed by atoms with E-state index in [1.165, 1.54) is 5.56 Å². The largest absolute Gasteiger partial charge is 0.497 e. The fourth-order valence-electron chi connectivity index (χ4n) is 4.22. The SMILES string of the molecule is COc1ccc(C2CCN(CC[C@H](CN)c3ccc(Cl)c(Cl)c3)CC2)c([S@](C)=O)c1. The molecule has 0 bridgehead atoms. The highest BCUT2D eigenvalue weighted by Gasteiger charge is 2.24. The van der Waals surface area contributed by atoms with E-state index in [0.717, 1.165) is 55.1 Å². The highest BCUT2D eigenvalue weighted by molar-refractivity contribution is 7.84. The van der Waals surface area contributed by atoms with Gasteiger partial charge in [-0.25, -0.2) is 0 Å². The summed E-state index contributed by atoms with van der Waals surface area (Å²) in [6.45, 7) is 3.66. The lowest BCUT2D eigenvalue weighted by atomic mass is 9.88. The Morgan fingerprint density at radius 1 is 1.17 bits per heavy atom. The van der Waals surface area contributed by atoms with Crippen LogP contribution >= 0.6 is 23.2 Å². The van der Waals surface area contributed by atoms with E-state index in [4.69, 9.17) is 33.7 Å². The van der Waals surface area contributed by atoms with Crippen LogP contribution in [-0.2, 0) is 10.8 Å². The Labute approximate surface area is 192 Å². The molecule has 2 aromatic rings. The molecule has 164 valence electrons. The van der Waals surface area contributed by atoms with E-state index in [1.807, 2.05) is 30.3 Å². The third kappa shape index (κ3) is 5.77. The van der Waals surface area contributed by atoms with Gasteiger partial charge in [-0.2, -0.15) is 0 Å². The van der Waals surface area contributed by atoms with Crippen molar-refractivity contribution in [3.8, 4) is 5.75 Å². The van der Waals surface area contributed by atoms with Crippen molar-refractivity contribution in [2.45, 2.75) is 36.0 Å². The lowest BCUT2D eigenvalue weighted by Crippen LogP contribution is -2.35. The molecule has 0 aliphatic carbocycles. The second-order valence-corrected chi connectivity index (χ2v) is 10.0. The fourth-order valence-corrected chi connectivity index (χ4v) is 5.38. The second-order valence-electron chi connectivity index (χ2n) is 7.87. The van der Waals surface area contributed by atoms with Gasteiger partial charge in [0, 0.05) is 11.2 Å². The Balaban J connectivity index is 1.58. The fraction of sp³-hybridized carbons (Fsp3) is 0.478. The molecule has 0 amide bonds. The lowest BCUT2D eigenvalue weighted by Gasteiger charge is -2.33. The van der Waals surface area contributed by atoms with Crippen LogP contribution in [0.15, 0.2) is 41.3 Å². The van der Waals surface area contributed by atoms with E-state index in [-0.39, 0.29) is 5.92 Å². The van der Waals surface area contributed by atoms with Crippen LogP contribution in [0.1, 0.15) is 42.2 Å². The predicted octanol–water partition coefficient (Wildman–Crippen LogP) is 5.05. The standard InChI is InChI=1S/C23H30Cl2N2O2S/c1-29-19-4-5-20(23(14-19)30(2)28)16-7-10-27(11-8-16)12-9-18(15-26)17-3-6-21(24)22(25)13-17/h3-6,13-14,16,18H,7-12,15,26H2,1-2H3/t18-,30+/m1/s1. The first-order chi connectivity index (χ1) is 14.4. The van der Waals surface area contributed by atoms with Crippen LogP contribution in [0.2, 0.25) is 10.0 Å². The summed E-state index contributed by atoms with van der Waals surface area (Å²) in [7, 11) is 0.615. The second kappa shape index (κ2) is 11.0. The molecule has 4 nitrogen and oxygen atoms in total. The van der Waals surface area contributed by atoms with Gasteiger partial charge in [-0.15, -0.1) is 0 Å². The number of ether oxygens (including phenoxy) is 1. The van der Waals surface area contributed by atoms with Gasteiger partial charge in [0.1, 0.15) is 5.75 Å². The molecule has 0 aromatic heterocycles. The molecule has 1 heterocycles. The number of rotatable bonds is 8. The van der Waals surface area contributed by atoms with Gasteiger partial charge in [0.15, 0.2) is 0 Å². The van der Waals surface area contributed by atoms with Crippen LogP contribution in [0.5, 0.6) is 5.75 Å². The van der Waals surface area contributed by atoms with Crippen LogP contribution in [0.4, 0.5) is 0 Å². The molecule has 30 heavy (non-hydrogen) atoms. The molecule has 1 aliphatic rings. The lowest BCUT2D eigenvalue weighted by molar-refractivity contribution is 0.205. The van der Waals surface area contributed by atoms with E-state index in [9.17, 15) is 4.21 Å². The Morgan fingerprint density at radius 3 is 2.50 bits per heavy atom. The van der Waals surface area contributed by atoms with Gasteiger partial charge in [0.05, 0.1) is 28.0 Å². The minimum atomic E-state index is -1.03. The molecule has 3 rings (SSSR count). The van der Waals surface area contributed by atoms with Crippen molar-refractivity contribution >= 4 is 34.0 Å². The number of likely N-dealkylation sites (tertiary alicyclic amines) is 1. The maximum absolute atomic E-state index is 12.2. The molecule has 1 saturated heterocycles. The number of halogens is 2. The number of piperidine rings is 1. The van der Waals surface area contributed by atoms with Crippen LogP contribution < -0.4 is 10.5 Å². The average Bonchev–Trinajstić information content (AvgIpc) is 2.76. The predicted molar refractivity (Wildman–Crippen MR) is 127 cm³/mol. The monoisotopic (exact) mass is 468 g/mol. The molecule has 1 aliphatic heterocycles. The Hall–Kier alpha value is -1.11. The van der Waals surface area contributed by atoms with Gasteiger partial charge in [0.25, 0.3) is 0 Å². The van der Waals surface area contributed by atoms with Crippen LogP contribution in [0.25, 0.3) is 0 Å². The third-order valence-electron chi connectivity index (χ3n) is 6.05. The molecular formula is C23H30Cl2N2O2S. The van der Waals surface area contributed by atoms with Gasteiger partial charge >= 0.3 is 0 Å². The molecule has 1 fully saturated rings. The van der Waals surface area contributed by atoms with E-state index in [1.54, 1.807) is 13.4 Å². The van der Waals surface area contributed by atoms with Crippen molar-refractivity contribution in [2.24, 2.45) is 5.73 Å². The summed E-state index contributed by atoms with van der Waals surface area (Å²) in [5, 5.41) is 1.15. The number of hydrogen-bond donors (Lipinski definition) is 1. The molecular weight excluding hydrogens is 439 g/mol. The molecule has 0 saturated carbocycles. The molecule has 0 spiro atoms. The highest BCUT2D eigenvalue weighted by atomic mass is 35.5. The first kappa shape index (κ1) is 23.6. The summed E-state index contributed by atoms with van der Waals surface area (Å²) in [5.41, 5.74) is 8.39. The summed E-state index contributed by atoms with van der Waals surface area (Å²) in [6.07, 6.45) is 4.86. The molecule has 7 heteroatoms. The Bertz CT molecular complexity index is 886. The van der Waals surface area contributed by atoms with Gasteiger partial charge in [-0.05, 0) is 92.7 Å². The average molecular weight is 469 g/mol. The summed E-state index contributed by atoms with van der Waals surface area (Å²) in [4.78, 5) is 3.40. The smallest absolute Gasteiger partial charge is 0.120 e. The van der Waals surface area contributed by atoms with Gasteiger partial charge in [0.2, 0.25) is 0 Å². The van der Waals surface area contributed by atoms with Crippen molar-refractivity contribution in [2.75, 3.05) is 39.5 Å². The van der Waals surface area contributed by atoms with Crippen molar-refractivity contribution in [1.82, 2.24) is 4.90 Å². The molecule has 2 N–H and O–H groups in total. The van der Waals surface area contributed by atoms with Gasteiger partial charge < -0.3 is 15.4 Å². The molecule has 0 radical (unpaired) electrons. The number of hydrogen-bond acceptors (Lipinski definition) is 4. The quantitative estimate of drug-likeness (QED) is 0.588. The zero-order chi connectivity index (χ0) is 21.7. The highest BCUT2D eigenvalue weighted by Crippen LogP contribution is 2.34. The Morgan fingerprint density at radius 2 is 1.90 bits per heavy atom. The van der Waals surface area contributed by atoms with Crippen molar-refractivity contribution in [3.63, 3.8) is 0 Å².